The van der Waals surface area contributed by atoms with E-state index in [9.17, 15) is 5.11 Å². The summed E-state index contributed by atoms with van der Waals surface area (Å²) in [6, 6.07) is 5.64. The molecule has 14 heavy (non-hydrogen) atoms. The minimum absolute atomic E-state index is 0.496. The molecule has 1 unspecified atom stereocenters. The molecule has 0 aliphatic rings. The average molecular weight is 232 g/mol. The molecule has 0 fully saturated rings. The van der Waals surface area contributed by atoms with Crippen molar-refractivity contribution in [3.05, 3.63) is 28.8 Å². The highest BCUT2D eigenvalue weighted by atomic mass is 35.5. The van der Waals surface area contributed by atoms with Crippen molar-refractivity contribution in [2.24, 2.45) is 0 Å². The lowest BCUT2D eigenvalue weighted by Gasteiger charge is -2.11. The largest absolute Gasteiger partial charge is 0.387 e. The van der Waals surface area contributed by atoms with Crippen molar-refractivity contribution in [1.29, 1.82) is 0 Å². The number of likely N-dealkylation sites (N-methyl/N-ethyl adjacent to an activating group) is 1. The molecule has 0 amide bonds. The summed E-state index contributed by atoms with van der Waals surface area (Å²) in [5.74, 6) is 0. The monoisotopic (exact) mass is 231 g/mol. The van der Waals surface area contributed by atoms with Gasteiger partial charge in [-0.1, -0.05) is 11.6 Å². The van der Waals surface area contributed by atoms with Crippen LogP contribution in [0.3, 0.4) is 0 Å². The van der Waals surface area contributed by atoms with Gasteiger partial charge in [0.1, 0.15) is 0 Å². The molecular formula is C10H14ClNOS. The smallest absolute Gasteiger partial charge is 0.0915 e. The predicted octanol–water partition coefficient (Wildman–Crippen LogP) is 2.31. The summed E-state index contributed by atoms with van der Waals surface area (Å²) in [5, 5.41) is 13.3. The zero-order valence-electron chi connectivity index (χ0n) is 8.25. The Kier molecular flexibility index (Phi) is 4.75. The molecule has 0 aromatic heterocycles. The molecule has 1 aromatic carbocycles. The fourth-order valence-electron chi connectivity index (χ4n) is 1.21. The topological polar surface area (TPSA) is 32.3 Å². The van der Waals surface area contributed by atoms with Gasteiger partial charge >= 0.3 is 0 Å². The molecule has 0 radical (unpaired) electrons. The van der Waals surface area contributed by atoms with Gasteiger partial charge in [0.25, 0.3) is 0 Å². The maximum atomic E-state index is 9.73. The van der Waals surface area contributed by atoms with Gasteiger partial charge in [0, 0.05) is 16.5 Å². The number of nitrogens with one attached hydrogen (secondary N) is 1. The third-order valence-corrected chi connectivity index (χ3v) is 2.84. The number of hydrogen-bond donors (Lipinski definition) is 2. The highest BCUT2D eigenvalue weighted by Crippen LogP contribution is 2.25. The fraction of sp³-hybridized carbons (Fsp3) is 0.400. The summed E-state index contributed by atoms with van der Waals surface area (Å²) >= 11 is 7.54. The number of aliphatic hydroxyl groups is 1. The van der Waals surface area contributed by atoms with Crippen molar-refractivity contribution in [3.8, 4) is 0 Å². The predicted molar refractivity (Wildman–Crippen MR) is 62.1 cm³/mol. The van der Waals surface area contributed by atoms with E-state index in [-0.39, 0.29) is 0 Å². The summed E-state index contributed by atoms with van der Waals surface area (Å²) in [4.78, 5) is 1.07. The number of thioether (sulfide) groups is 1. The first-order chi connectivity index (χ1) is 6.67. The van der Waals surface area contributed by atoms with Crippen molar-refractivity contribution >= 4 is 23.4 Å². The Balaban J connectivity index is 2.90. The molecule has 0 saturated carbocycles. The van der Waals surface area contributed by atoms with Gasteiger partial charge in [-0.25, -0.2) is 0 Å². The van der Waals surface area contributed by atoms with E-state index in [4.69, 9.17) is 11.6 Å². The molecule has 0 saturated heterocycles. The van der Waals surface area contributed by atoms with Crippen molar-refractivity contribution in [2.45, 2.75) is 11.0 Å². The van der Waals surface area contributed by atoms with E-state index in [1.165, 1.54) is 0 Å². The van der Waals surface area contributed by atoms with Crippen LogP contribution in [0.5, 0.6) is 0 Å². The average Bonchev–Trinajstić information content (AvgIpc) is 2.17. The SMILES string of the molecule is CNCC(O)c1cc(Cl)cc(SC)c1. The summed E-state index contributed by atoms with van der Waals surface area (Å²) in [5.41, 5.74) is 0.858. The first-order valence-electron chi connectivity index (χ1n) is 4.34. The molecule has 4 heteroatoms. The van der Waals surface area contributed by atoms with Crippen molar-refractivity contribution < 1.29 is 5.11 Å². The Morgan fingerprint density at radius 2 is 2.21 bits per heavy atom. The van der Waals surface area contributed by atoms with Crippen LogP contribution in [-0.2, 0) is 0 Å². The van der Waals surface area contributed by atoms with E-state index in [2.05, 4.69) is 5.32 Å². The lowest BCUT2D eigenvalue weighted by molar-refractivity contribution is 0.177. The van der Waals surface area contributed by atoms with Gasteiger partial charge in [0.15, 0.2) is 0 Å². The maximum Gasteiger partial charge on any atom is 0.0915 e. The van der Waals surface area contributed by atoms with E-state index in [0.717, 1.165) is 10.5 Å². The molecule has 0 spiro atoms. The van der Waals surface area contributed by atoms with Crippen LogP contribution >= 0.6 is 23.4 Å². The maximum absolute atomic E-state index is 9.73. The van der Waals surface area contributed by atoms with Gasteiger partial charge in [0.05, 0.1) is 6.10 Å². The highest BCUT2D eigenvalue weighted by molar-refractivity contribution is 7.98. The normalized spacial score (nSPS) is 12.9. The Morgan fingerprint density at radius 1 is 1.50 bits per heavy atom. The van der Waals surface area contributed by atoms with E-state index < -0.39 is 6.10 Å². The molecule has 0 heterocycles. The van der Waals surface area contributed by atoms with Crippen LogP contribution in [0.2, 0.25) is 5.02 Å². The van der Waals surface area contributed by atoms with Gasteiger partial charge in [-0.15, -0.1) is 11.8 Å². The third kappa shape index (κ3) is 3.17. The Bertz CT molecular complexity index is 306. The van der Waals surface area contributed by atoms with Crippen LogP contribution in [0.1, 0.15) is 11.7 Å². The molecule has 1 atom stereocenters. The molecule has 78 valence electrons. The number of rotatable bonds is 4. The quantitative estimate of drug-likeness (QED) is 0.781. The molecular weight excluding hydrogens is 218 g/mol. The van der Waals surface area contributed by atoms with Crippen LogP contribution in [-0.4, -0.2) is 25.0 Å². The van der Waals surface area contributed by atoms with E-state index in [1.807, 2.05) is 25.4 Å². The lowest BCUT2D eigenvalue weighted by Crippen LogP contribution is -2.16. The standard InChI is InChI=1S/C10H14ClNOS/c1-12-6-10(13)7-3-8(11)5-9(4-7)14-2/h3-5,10,12-13H,6H2,1-2H3. The van der Waals surface area contributed by atoms with E-state index >= 15 is 0 Å². The minimum Gasteiger partial charge on any atom is -0.387 e. The summed E-state index contributed by atoms with van der Waals surface area (Å²) in [6.07, 6.45) is 1.49. The van der Waals surface area contributed by atoms with Gasteiger partial charge in [-0.2, -0.15) is 0 Å². The van der Waals surface area contributed by atoms with E-state index in [0.29, 0.717) is 11.6 Å². The van der Waals surface area contributed by atoms with Crippen molar-refractivity contribution in [2.75, 3.05) is 19.8 Å². The number of benzene rings is 1. The summed E-state index contributed by atoms with van der Waals surface area (Å²) < 4.78 is 0. The molecule has 0 bridgehead atoms. The van der Waals surface area contributed by atoms with Gasteiger partial charge in [0.2, 0.25) is 0 Å². The molecule has 1 rings (SSSR count). The Labute approximate surface area is 93.7 Å². The van der Waals surface area contributed by atoms with E-state index in [1.54, 1.807) is 17.8 Å². The summed E-state index contributed by atoms with van der Waals surface area (Å²) in [7, 11) is 1.81. The summed E-state index contributed by atoms with van der Waals surface area (Å²) in [6.45, 7) is 0.536. The van der Waals surface area contributed by atoms with Crippen LogP contribution in [0, 0.1) is 0 Å². The second-order valence-electron chi connectivity index (χ2n) is 3.00. The minimum atomic E-state index is -0.496. The second kappa shape index (κ2) is 5.61. The van der Waals surface area contributed by atoms with Crippen molar-refractivity contribution in [3.63, 3.8) is 0 Å². The third-order valence-electron chi connectivity index (χ3n) is 1.91. The number of halogens is 1. The number of aliphatic hydroxyl groups excluding tert-OH is 1. The molecule has 2 nitrogen and oxygen atoms in total. The Morgan fingerprint density at radius 3 is 2.79 bits per heavy atom. The fourth-order valence-corrected chi connectivity index (χ4v) is 2.01. The van der Waals surface area contributed by atoms with Crippen LogP contribution < -0.4 is 5.32 Å². The molecule has 1 aromatic rings. The van der Waals surface area contributed by atoms with Crippen molar-refractivity contribution in [1.82, 2.24) is 5.32 Å². The molecule has 0 aliphatic carbocycles. The van der Waals surface area contributed by atoms with Gasteiger partial charge in [-0.3, -0.25) is 0 Å². The second-order valence-corrected chi connectivity index (χ2v) is 4.31. The van der Waals surface area contributed by atoms with Crippen LogP contribution in [0.15, 0.2) is 23.1 Å². The zero-order chi connectivity index (χ0) is 10.6. The van der Waals surface area contributed by atoms with Gasteiger partial charge in [-0.05, 0) is 37.1 Å². The first kappa shape index (κ1) is 11.9. The molecule has 2 N–H and O–H groups in total. The highest BCUT2D eigenvalue weighted by Gasteiger charge is 2.08. The molecule has 0 aliphatic heterocycles. The first-order valence-corrected chi connectivity index (χ1v) is 5.94. The van der Waals surface area contributed by atoms with Gasteiger partial charge < -0.3 is 10.4 Å². The Hall–Kier alpha value is -0.220. The number of hydrogen-bond acceptors (Lipinski definition) is 3. The van der Waals surface area contributed by atoms with Crippen LogP contribution in [0.25, 0.3) is 0 Å². The zero-order valence-corrected chi connectivity index (χ0v) is 9.82. The lowest BCUT2D eigenvalue weighted by atomic mass is 10.1. The van der Waals surface area contributed by atoms with Crippen LogP contribution in [0.4, 0.5) is 0 Å².